The van der Waals surface area contributed by atoms with Gasteiger partial charge in [-0.15, -0.1) is 0 Å². The molecular weight excluding hydrogens is 1910 g/mol. The second-order valence-corrected chi connectivity index (χ2v) is 40.8. The minimum absolute atomic E-state index is 0.0301. The molecule has 0 aliphatic carbocycles. The lowest BCUT2D eigenvalue weighted by atomic mass is 9.85. The van der Waals surface area contributed by atoms with Gasteiger partial charge in [-0.1, -0.05) is 109 Å². The molecule has 30 nitrogen and oxygen atoms in total. The summed E-state index contributed by atoms with van der Waals surface area (Å²) in [4.78, 5) is 137. The maximum Gasteiger partial charge on any atom is 0.433 e. The highest BCUT2D eigenvalue weighted by Crippen LogP contribution is 2.49. The molecule has 6 aromatic carbocycles. The van der Waals surface area contributed by atoms with Crippen LogP contribution in [0.15, 0.2) is 235 Å². The number of carbonyl (C=O) groups is 6. The van der Waals surface area contributed by atoms with Crippen molar-refractivity contribution in [3.05, 3.63) is 303 Å². The fraction of sp³-hybridized carbons (Fsp3) is 0.357. The first-order valence-electron chi connectivity index (χ1n) is 50.5. The standard InChI is InChI=1S/C38H38F2N8O2.C37H35F3N8O2.C37H36F2N8O2/c1-37(39,40)32-19-28(9-14-41-32)34-31-20-30(8-7-29(31)21-42-34)48-18-13-38(36(48)50)12-17-46(23-38)22-33(49)47-15-10-26(11-16-47)25-3-5-27(6-4-25)35-43-24-45(2)44-35;1-45-23-43-34(44-45)26-4-2-24(3-5-26)25-9-14-47(15-10-25)32(49)21-46-16-11-36(22-46)12-17-48(35(36)50)29-7-6-28-20-42-33(30(28)19-29)27-8-13-41-31(18-27)37(38,39)40;1-44-23-42-35(43-44)26-4-2-24(3-5-26)25-9-14-46(15-10-25)32(48)21-45-16-11-37(22-45)12-17-47(36(37)49)29-7-6-28-20-41-33(30(28)19-29)27-8-13-40-31(18-27)34(38)39/h3-10,14,19-20,24H,11-13,15-18,21-23H2,1-2H3;2-9,13,18-19,23H,10-12,14-17,20-22H2,1H3;2-9,13,18-19,23,34H,10-12,14-17,20-22H2,1H3/t38-;36-;37-/m000/s1. The Hall–Kier alpha value is -15.4. The zero-order chi connectivity index (χ0) is 103. The van der Waals surface area contributed by atoms with Gasteiger partial charge in [0, 0.05) is 192 Å². The molecule has 6 amide bonds. The van der Waals surface area contributed by atoms with Gasteiger partial charge in [0.25, 0.3) is 12.3 Å². The van der Waals surface area contributed by atoms with E-state index in [1.807, 2.05) is 137 Å². The number of aromatic nitrogens is 12. The SMILES string of the molecule is Cn1cnc(-c2ccc(C3=CCN(C(=O)CN4CC[C@]5(CCN(c6ccc7c(c6)C(c6ccnc(C(C)(F)F)c6)=NC7)C5=O)C4)CC3)cc2)n1.Cn1cnc(-c2ccc(C3=CCN(C(=O)CN4CC[C@]5(CCN(c6ccc7c(c6)C(c6ccnc(C(F)(F)F)c6)=NC7)C5=O)C4)CC3)cc2)n1.Cn1cnc(-c2ccc(C3=CCN(C(=O)CN4CC[C@]5(CCN(c6ccc7c(c6)C(c6ccnc(C(F)F)c6)=NC7)C5=O)C4)CC3)cc2)n1. The van der Waals surface area contributed by atoms with Crippen LogP contribution >= 0.6 is 0 Å². The molecule has 12 aromatic rings. The van der Waals surface area contributed by atoms with E-state index >= 15 is 0 Å². The molecule has 3 atom stereocenters. The maximum atomic E-state index is 14.0. The van der Waals surface area contributed by atoms with Crippen LogP contribution in [-0.4, -0.2) is 259 Å². The average molecular weight is 2020 g/mol. The van der Waals surface area contributed by atoms with Gasteiger partial charge in [0.05, 0.1) is 72.6 Å². The molecule has 0 unspecified atom stereocenters. The number of fused-ring (bicyclic) bond motifs is 3. The third-order valence-electron chi connectivity index (χ3n) is 31.2. The summed E-state index contributed by atoms with van der Waals surface area (Å²) < 4.78 is 99.8. The number of rotatable bonds is 20. The molecule has 0 radical (unpaired) electrons. The van der Waals surface area contributed by atoms with Gasteiger partial charge >= 0.3 is 6.18 Å². The third-order valence-corrected chi connectivity index (χ3v) is 31.2. The molecule has 762 valence electrons. The second kappa shape index (κ2) is 40.0. The molecule has 24 rings (SSSR count). The number of pyridine rings is 3. The molecular formula is C112H109F7N24O6. The van der Waals surface area contributed by atoms with Crippen LogP contribution < -0.4 is 14.7 Å². The Kier molecular flexibility index (Phi) is 26.4. The number of likely N-dealkylation sites (tertiary alicyclic amines) is 3. The van der Waals surface area contributed by atoms with Gasteiger partial charge < -0.3 is 29.4 Å². The van der Waals surface area contributed by atoms with E-state index < -0.39 is 40.5 Å². The molecule has 149 heavy (non-hydrogen) atoms. The topological polar surface area (TPSA) is 299 Å². The summed E-state index contributed by atoms with van der Waals surface area (Å²) in [6.07, 6.45) is 14.7. The monoisotopic (exact) mass is 2020 g/mol. The van der Waals surface area contributed by atoms with Crippen LogP contribution in [0, 0.1) is 16.2 Å². The Morgan fingerprint density at radius 2 is 0.664 bits per heavy atom. The number of amides is 6. The lowest BCUT2D eigenvalue weighted by Gasteiger charge is -2.29. The van der Waals surface area contributed by atoms with Gasteiger partial charge in [-0.25, -0.2) is 23.7 Å². The first kappa shape index (κ1) is 98.3. The van der Waals surface area contributed by atoms with Gasteiger partial charge in [-0.3, -0.25) is 87.4 Å². The molecule has 3 spiro atoms. The Morgan fingerprint density at radius 1 is 0.356 bits per heavy atom. The lowest BCUT2D eigenvalue weighted by Crippen LogP contribution is -2.43. The van der Waals surface area contributed by atoms with Crippen molar-refractivity contribution in [2.75, 3.05) is 133 Å². The highest BCUT2D eigenvalue weighted by atomic mass is 19.4. The molecule has 12 aliphatic heterocycles. The van der Waals surface area contributed by atoms with E-state index in [1.54, 1.807) is 50.1 Å². The second-order valence-electron chi connectivity index (χ2n) is 40.8. The van der Waals surface area contributed by atoms with E-state index in [0.717, 1.165) is 136 Å². The number of benzene rings is 6. The number of hydrogen-bond acceptors (Lipinski definition) is 21. The largest absolute Gasteiger partial charge is 0.433 e. The summed E-state index contributed by atoms with van der Waals surface area (Å²) in [5.41, 5.74) is 17.7. The van der Waals surface area contributed by atoms with Crippen molar-refractivity contribution in [1.82, 2.24) is 88.6 Å². The molecule has 18 heterocycles. The van der Waals surface area contributed by atoms with Gasteiger partial charge in [-0.2, -0.15) is 37.2 Å². The minimum Gasteiger partial charge on any atom is -0.338 e. The van der Waals surface area contributed by atoms with Crippen LogP contribution in [-0.2, 0) is 81.6 Å². The van der Waals surface area contributed by atoms with Crippen LogP contribution in [0.25, 0.3) is 50.9 Å². The van der Waals surface area contributed by atoms with E-state index in [0.29, 0.717) is 207 Å². The highest BCUT2D eigenvalue weighted by Gasteiger charge is 2.55. The molecule has 6 fully saturated rings. The van der Waals surface area contributed by atoms with Crippen molar-refractivity contribution in [3.63, 3.8) is 0 Å². The summed E-state index contributed by atoms with van der Waals surface area (Å²) in [5, 5.41) is 13.1. The van der Waals surface area contributed by atoms with Crippen LogP contribution in [0.1, 0.15) is 155 Å². The fourth-order valence-corrected chi connectivity index (χ4v) is 22.9. The number of alkyl halides is 7. The van der Waals surface area contributed by atoms with Gasteiger partial charge in [-0.05, 0) is 200 Å². The molecule has 6 saturated heterocycles. The van der Waals surface area contributed by atoms with E-state index in [1.165, 1.54) is 47.3 Å². The number of carbonyl (C=O) groups excluding carboxylic acids is 6. The number of nitrogens with zero attached hydrogens (tertiary/aromatic N) is 24. The molecule has 37 heteroatoms. The van der Waals surface area contributed by atoms with Gasteiger partial charge in [0.1, 0.15) is 36.1 Å². The Labute approximate surface area is 855 Å². The molecule has 6 aromatic heterocycles. The van der Waals surface area contributed by atoms with Crippen molar-refractivity contribution in [1.29, 1.82) is 0 Å². The molecule has 0 saturated carbocycles. The number of halogens is 7. The van der Waals surface area contributed by atoms with E-state index in [9.17, 15) is 59.5 Å². The maximum absolute atomic E-state index is 14.0. The fourth-order valence-electron chi connectivity index (χ4n) is 22.9. The van der Waals surface area contributed by atoms with Crippen LogP contribution in [0.3, 0.4) is 0 Å². The minimum atomic E-state index is -4.56. The van der Waals surface area contributed by atoms with Crippen molar-refractivity contribution in [3.8, 4) is 34.2 Å². The van der Waals surface area contributed by atoms with Crippen molar-refractivity contribution < 1.29 is 59.5 Å². The van der Waals surface area contributed by atoms with E-state index in [2.05, 4.69) is 130 Å². The van der Waals surface area contributed by atoms with Gasteiger partial charge in [0.2, 0.25) is 35.4 Å². The molecule has 12 aliphatic rings. The summed E-state index contributed by atoms with van der Waals surface area (Å²) in [5.74, 6) is -0.555. The third kappa shape index (κ3) is 20.0. The van der Waals surface area contributed by atoms with E-state index in [-0.39, 0.29) is 53.4 Å². The van der Waals surface area contributed by atoms with Crippen LogP contribution in [0.4, 0.5) is 47.8 Å². The molecule has 0 N–H and O–H groups in total. The summed E-state index contributed by atoms with van der Waals surface area (Å²) in [6.45, 7) is 12.1. The van der Waals surface area contributed by atoms with Crippen LogP contribution in [0.5, 0.6) is 0 Å². The normalized spacial score (nSPS) is 20.8. The van der Waals surface area contributed by atoms with Crippen molar-refractivity contribution in [2.45, 2.75) is 103 Å². The first-order valence-corrected chi connectivity index (χ1v) is 50.5. The van der Waals surface area contributed by atoms with E-state index in [4.69, 9.17) is 0 Å². The molecule has 0 bridgehead atoms. The zero-order valence-electron chi connectivity index (χ0n) is 82.9. The predicted molar refractivity (Wildman–Crippen MR) is 548 cm³/mol. The Morgan fingerprint density at radius 3 is 0.966 bits per heavy atom. The first-order chi connectivity index (χ1) is 71.9. The smallest absolute Gasteiger partial charge is 0.338 e. The summed E-state index contributed by atoms with van der Waals surface area (Å²) in [7, 11) is 5.54. The number of anilines is 3. The average Bonchev–Trinajstić information content (AvgIpc) is 1.60. The lowest BCUT2D eigenvalue weighted by molar-refractivity contribution is -0.141. The van der Waals surface area contributed by atoms with Crippen molar-refractivity contribution >= 4 is 86.4 Å². The van der Waals surface area contributed by atoms with Crippen molar-refractivity contribution in [2.24, 2.45) is 52.4 Å². The summed E-state index contributed by atoms with van der Waals surface area (Å²) in [6, 6.07) is 50.8. The summed E-state index contributed by atoms with van der Waals surface area (Å²) >= 11 is 0. The number of aryl methyl sites for hydroxylation is 3. The highest BCUT2D eigenvalue weighted by molar-refractivity contribution is 6.18. The Bertz CT molecular complexity index is 7200. The van der Waals surface area contributed by atoms with Gasteiger partial charge in [0.15, 0.2) is 17.5 Å². The number of aliphatic imine (C=N–C) groups is 3. The van der Waals surface area contributed by atoms with Crippen LogP contribution in [0.2, 0.25) is 0 Å². The predicted octanol–water partition coefficient (Wildman–Crippen LogP) is 15.0. The Balaban J connectivity index is 0.000000127. The number of hydrogen-bond donors (Lipinski definition) is 0. The zero-order valence-corrected chi connectivity index (χ0v) is 82.9. The quantitative estimate of drug-likeness (QED) is 0.0640.